The van der Waals surface area contributed by atoms with Gasteiger partial charge >= 0.3 is 28.7 Å². The van der Waals surface area contributed by atoms with Crippen molar-refractivity contribution in [3.8, 4) is 11.5 Å². The molecule has 2 rings (SSSR count). The summed E-state index contributed by atoms with van der Waals surface area (Å²) in [6, 6.07) is 12.1. The summed E-state index contributed by atoms with van der Waals surface area (Å²) in [4.78, 5) is 0. The van der Waals surface area contributed by atoms with E-state index in [1.807, 2.05) is 36.4 Å². The summed E-state index contributed by atoms with van der Waals surface area (Å²) < 4.78 is 0. The molecule has 2 N–H and O–H groups in total. The van der Waals surface area contributed by atoms with Crippen LogP contribution in [0.25, 0.3) is 0 Å². The van der Waals surface area contributed by atoms with E-state index >= 15 is 0 Å². The molecule has 33 heavy (non-hydrogen) atoms. The first-order valence-electron chi connectivity index (χ1n) is 11.1. The summed E-state index contributed by atoms with van der Waals surface area (Å²) >= 11 is 1.47. The third-order valence-electron chi connectivity index (χ3n) is 5.30. The van der Waals surface area contributed by atoms with Crippen molar-refractivity contribution in [3.05, 3.63) is 66.1 Å². The van der Waals surface area contributed by atoms with Crippen LogP contribution in [0, 0.1) is 7.43 Å². The molecule has 4 heteroatoms. The Bertz CT molecular complexity index is 723. The Morgan fingerprint density at radius 2 is 0.636 bits per heavy atom. The van der Waals surface area contributed by atoms with E-state index in [-0.39, 0.29) is 29.1 Å². The van der Waals surface area contributed by atoms with Crippen molar-refractivity contribution in [2.24, 2.45) is 0 Å². The van der Waals surface area contributed by atoms with Gasteiger partial charge in [-0.1, -0.05) is 119 Å². The fourth-order valence-electron chi connectivity index (χ4n) is 3.51. The zero-order valence-electron chi connectivity index (χ0n) is 23.2. The fourth-order valence-corrected chi connectivity index (χ4v) is 3.51. The van der Waals surface area contributed by atoms with Gasteiger partial charge in [0.25, 0.3) is 0 Å². The Hall–Kier alpha value is -0.956. The molecular weight excluding hydrogens is 464 g/mol. The zero-order valence-corrected chi connectivity index (χ0v) is 25.6. The molecule has 0 atom stereocenters. The summed E-state index contributed by atoms with van der Waals surface area (Å²) in [7, 11) is 4.64. The van der Waals surface area contributed by atoms with Crippen molar-refractivity contribution >= 4 is 9.30 Å². The number of benzene rings is 2. The minimum atomic E-state index is -0.00859. The summed E-state index contributed by atoms with van der Waals surface area (Å²) in [6.07, 6.45) is 0. The normalized spacial score (nSPS) is 11.9. The predicted octanol–water partition coefficient (Wildman–Crippen LogP) is 9.11. The molecule has 0 spiro atoms. The molecule has 2 nitrogen and oxygen atoms in total. The van der Waals surface area contributed by atoms with Crippen LogP contribution in [0.1, 0.15) is 105 Å². The van der Waals surface area contributed by atoms with E-state index in [0.717, 1.165) is 22.3 Å². The number of rotatable bonds is 0. The Kier molecular flexibility index (Phi) is 13.1. The standard InChI is InChI=1S/2C14H22O.CH3.ClH.Ti/c2*1-13(2,3)10-8-7-9-11(12(10)15)14(4,5)6;;;/h2*7-9,15H,1-6H3;1H3;1H;/q;;-1;;+2/p-1. The summed E-state index contributed by atoms with van der Waals surface area (Å²) in [5.74, 6) is 0.912. The molecule has 0 aromatic heterocycles. The number of para-hydroxylation sites is 2. The number of hydrogen-bond acceptors (Lipinski definition) is 2. The van der Waals surface area contributed by atoms with E-state index in [4.69, 9.17) is 0 Å². The molecule has 2 aromatic rings. The van der Waals surface area contributed by atoms with Crippen molar-refractivity contribution in [2.45, 2.75) is 105 Å². The van der Waals surface area contributed by atoms with Crippen molar-refractivity contribution in [1.82, 2.24) is 0 Å². The van der Waals surface area contributed by atoms with Crippen LogP contribution in [0.5, 0.6) is 11.5 Å². The molecule has 0 radical (unpaired) electrons. The molecule has 0 heterocycles. The quantitative estimate of drug-likeness (QED) is 0.274. The van der Waals surface area contributed by atoms with Crippen LogP contribution >= 0.6 is 9.30 Å². The van der Waals surface area contributed by atoms with E-state index in [1.54, 1.807) is 0 Å². The van der Waals surface area contributed by atoms with Crippen LogP contribution in [-0.4, -0.2) is 10.2 Å². The molecule has 0 saturated carbocycles. The van der Waals surface area contributed by atoms with Gasteiger partial charge in [0, 0.05) is 0 Å². The number of halogens is 1. The zero-order chi connectivity index (χ0) is 25.7. The molecule has 0 aliphatic heterocycles. The maximum atomic E-state index is 10.3. The Morgan fingerprint density at radius 1 is 0.485 bits per heavy atom. The summed E-state index contributed by atoms with van der Waals surface area (Å²) in [5, 5.41) is 20.5. The fraction of sp³-hybridized carbons (Fsp3) is 0.552. The van der Waals surface area contributed by atoms with Gasteiger partial charge in [-0.3, -0.25) is 0 Å². The molecule has 0 amide bonds. The van der Waals surface area contributed by atoms with Gasteiger partial charge in [-0.15, -0.1) is 0 Å². The predicted molar refractivity (Wildman–Crippen MR) is 143 cm³/mol. The Balaban J connectivity index is 0. The van der Waals surface area contributed by atoms with Crippen LogP contribution in [0.2, 0.25) is 0 Å². The second-order valence-electron chi connectivity index (χ2n) is 12.4. The molecule has 0 aliphatic carbocycles. The van der Waals surface area contributed by atoms with Gasteiger partial charge in [-0.05, 0) is 43.9 Å². The van der Waals surface area contributed by atoms with Gasteiger partial charge in [0.05, 0.1) is 0 Å². The summed E-state index contributed by atoms with van der Waals surface area (Å²) in [6.45, 7) is 25.4. The van der Waals surface area contributed by atoms with Crippen molar-refractivity contribution in [1.29, 1.82) is 0 Å². The molecule has 2 aromatic carbocycles. The van der Waals surface area contributed by atoms with Gasteiger partial charge in [0.15, 0.2) is 0 Å². The van der Waals surface area contributed by atoms with E-state index in [2.05, 4.69) is 92.4 Å². The van der Waals surface area contributed by atoms with Crippen LogP contribution in [0.3, 0.4) is 0 Å². The molecule has 0 bridgehead atoms. The van der Waals surface area contributed by atoms with Gasteiger partial charge in [0.1, 0.15) is 11.5 Å². The molecular formula is C29H47ClO2Ti. The second kappa shape index (κ2) is 12.7. The van der Waals surface area contributed by atoms with E-state index in [9.17, 15) is 10.2 Å². The molecule has 186 valence electrons. The Morgan fingerprint density at radius 3 is 0.758 bits per heavy atom. The molecule has 0 unspecified atom stereocenters. The van der Waals surface area contributed by atoms with Crippen LogP contribution < -0.4 is 0 Å². The minimum absolute atomic E-state index is 0. The number of aromatic hydroxyl groups is 2. The van der Waals surface area contributed by atoms with Crippen molar-refractivity contribution < 1.29 is 29.6 Å². The number of phenols is 2. The number of hydrogen-bond donors (Lipinski definition) is 2. The van der Waals surface area contributed by atoms with E-state index < -0.39 is 0 Å². The van der Waals surface area contributed by atoms with Gasteiger partial charge in [-0.2, -0.15) is 0 Å². The number of phenolic OH excluding ortho intramolecular Hbond substituents is 2. The third-order valence-corrected chi connectivity index (χ3v) is 5.30. The first-order chi connectivity index (χ1) is 14.3. The van der Waals surface area contributed by atoms with Crippen LogP contribution in [-0.2, 0) is 41.0 Å². The first-order valence-corrected chi connectivity index (χ1v) is 13.3. The molecule has 0 saturated heterocycles. The van der Waals surface area contributed by atoms with E-state index in [1.165, 1.54) is 19.4 Å². The monoisotopic (exact) mass is 510 g/mol. The average molecular weight is 511 g/mol. The SMILES string of the molecule is CC(C)(C)c1cccc(C(C)(C)C)c1O.CC(C)(C)c1cccc(C(C)(C)C)c1O.[CH3-].[Cl][Ti+]. The summed E-state index contributed by atoms with van der Waals surface area (Å²) in [5.41, 5.74) is 4.06. The van der Waals surface area contributed by atoms with Gasteiger partial charge in [0.2, 0.25) is 0 Å². The van der Waals surface area contributed by atoms with Gasteiger partial charge in [-0.25, -0.2) is 0 Å². The van der Waals surface area contributed by atoms with Crippen molar-refractivity contribution in [2.75, 3.05) is 0 Å². The molecule has 0 fully saturated rings. The van der Waals surface area contributed by atoms with Crippen molar-refractivity contribution in [3.63, 3.8) is 0 Å². The average Bonchev–Trinajstić information content (AvgIpc) is 2.60. The first kappa shape index (κ1) is 34.2. The topological polar surface area (TPSA) is 40.5 Å². The maximum absolute atomic E-state index is 10.3. The second-order valence-corrected chi connectivity index (χ2v) is 12.4. The van der Waals surface area contributed by atoms with Gasteiger partial charge < -0.3 is 17.6 Å². The van der Waals surface area contributed by atoms with Crippen LogP contribution in [0.15, 0.2) is 36.4 Å². The van der Waals surface area contributed by atoms with E-state index in [0.29, 0.717) is 11.5 Å². The third kappa shape index (κ3) is 10.1. The molecule has 0 aliphatic rings. The van der Waals surface area contributed by atoms with Crippen LogP contribution in [0.4, 0.5) is 0 Å². The Labute approximate surface area is 220 Å².